The Labute approximate surface area is 909 Å². The molecular weight excluding hydrogens is 2590 g/mol. The van der Waals surface area contributed by atoms with Crippen LogP contribution in [-0.2, 0) is 89.7 Å². The van der Waals surface area contributed by atoms with Gasteiger partial charge in [0, 0.05) is 133 Å². The third-order valence-corrected chi connectivity index (χ3v) is 27.1. The first-order valence-corrected chi connectivity index (χ1v) is 48.2. The van der Waals surface area contributed by atoms with Gasteiger partial charge >= 0.3 is 84.3 Å². The molecule has 0 bridgehead atoms. The predicted molar refractivity (Wildman–Crippen MR) is 551 cm³/mol. The van der Waals surface area contributed by atoms with Gasteiger partial charge in [0.1, 0.15) is 23.3 Å². The van der Waals surface area contributed by atoms with Crippen molar-refractivity contribution in [3.05, 3.63) is 461 Å². The maximum Gasteiger partial charge on any atom is 2.00 e. The molecule has 0 saturated heterocycles. The predicted octanol–water partition coefficient (Wildman–Crippen LogP) is 29.9. The van der Waals surface area contributed by atoms with E-state index in [0.29, 0.717) is 46.0 Å². The largest absolute Gasteiger partial charge is 2.00 e. The van der Waals surface area contributed by atoms with E-state index >= 15 is 0 Å². The average Bonchev–Trinajstić information content (AvgIpc) is 0.995. The summed E-state index contributed by atoms with van der Waals surface area (Å²) in [7, 11) is 0. The Hall–Kier alpha value is -14.1. The van der Waals surface area contributed by atoms with Gasteiger partial charge in [0.05, 0.1) is 34.6 Å². The molecule has 0 amide bonds. The quantitative estimate of drug-likeness (QED) is 0.0787. The Morgan fingerprint density at radius 3 is 0.972 bits per heavy atom. The number of ether oxygens (including phenoxy) is 4. The van der Waals surface area contributed by atoms with Gasteiger partial charge in [-0.25, -0.2) is 19.9 Å². The van der Waals surface area contributed by atoms with Crippen LogP contribution in [0.25, 0.3) is 33.9 Å². The summed E-state index contributed by atoms with van der Waals surface area (Å²) >= 11 is 6.89. The molecule has 0 aliphatic carbocycles. The zero-order valence-corrected chi connectivity index (χ0v) is 89.6. The number of aryl methyl sites for hydroxylation is 2. The second kappa shape index (κ2) is 45.2. The molecule has 0 unspecified atom stereocenters. The molecule has 0 N–H and O–H groups in total. The zero-order valence-electron chi connectivity index (χ0n) is 77.2. The van der Waals surface area contributed by atoms with Crippen LogP contribution < -0.4 is 38.5 Å². The van der Waals surface area contributed by atoms with Crippen molar-refractivity contribution in [3.63, 3.8) is 0 Å². The number of hydrogen-bond donors (Lipinski definition) is 0. The molecule has 12 heterocycles. The fraction of sp³-hybridized carbons (Fsp3) is 0.0517. The van der Waals surface area contributed by atoms with Crippen molar-refractivity contribution >= 4 is 116 Å². The van der Waals surface area contributed by atoms with Gasteiger partial charge in [0.25, 0.3) is 0 Å². The summed E-state index contributed by atoms with van der Waals surface area (Å²) in [6.45, 7) is 10.6. The van der Waals surface area contributed by atoms with Crippen LogP contribution in [-0.4, -0.2) is 59.1 Å². The summed E-state index contributed by atoms with van der Waals surface area (Å²) in [6.07, 6.45) is 18.4. The minimum absolute atomic E-state index is 0. The minimum Gasteiger partial charge on any atom is -0.509 e. The number of aromatic nitrogens is 12. The second-order valence-corrected chi connectivity index (χ2v) is 37.6. The summed E-state index contributed by atoms with van der Waals surface area (Å²) in [4.78, 5) is 36.0. The molecule has 4 aliphatic heterocycles. The monoisotopic (exact) mass is 2670 g/mol. The van der Waals surface area contributed by atoms with Crippen LogP contribution in [0.5, 0.6) is 46.0 Å². The maximum atomic E-state index is 6.38. The van der Waals surface area contributed by atoms with Crippen LogP contribution in [0.2, 0.25) is 0 Å². The topological polar surface area (TPSA) is 173 Å². The molecule has 0 atom stereocenters. The van der Waals surface area contributed by atoms with Gasteiger partial charge in [-0.15, -0.1) is 127 Å². The van der Waals surface area contributed by atoms with Crippen LogP contribution in [0.4, 0.5) is 68.8 Å². The third-order valence-electron chi connectivity index (χ3n) is 22.7. The van der Waals surface area contributed by atoms with Crippen LogP contribution in [0.1, 0.15) is 37.7 Å². The number of anilines is 12. The first-order valence-electron chi connectivity index (χ1n) is 45.0. The molecule has 712 valence electrons. The van der Waals surface area contributed by atoms with E-state index in [1.54, 1.807) is 87.4 Å². The molecular formula is C116H80N16O4Pt4S4. The molecule has 25 rings (SSSR count). The Morgan fingerprint density at radius 1 is 0.271 bits per heavy atom. The normalized spacial score (nSPS) is 12.0. The van der Waals surface area contributed by atoms with Gasteiger partial charge in [0.2, 0.25) is 0 Å². The van der Waals surface area contributed by atoms with E-state index in [9.17, 15) is 0 Å². The van der Waals surface area contributed by atoms with Crippen molar-refractivity contribution < 1.29 is 103 Å². The first kappa shape index (κ1) is 100.0. The molecule has 21 aromatic rings. The molecule has 13 aromatic carbocycles. The standard InChI is InChI=1S/C32H20N4OS.C30H24N4OS.C28H20N4OS.C26H16N4OS.4Pt/c1-2-9-23(10-3-1)24-21-34-35(22-24)25-11-8-12-26(19-25)37-27-16-17-31-29(20-27)36(32-15-6-7-18-33-32)28-13-4-5-14-30(28)38-31;1-30(2,3)21-17-22(33-16-8-15-32-33)19-24(18-21)35-23-12-13-28-26(20-23)34(29-11-6-7-14-31-29)25-9-4-5-10-27(25)36-28;1-19-16-20(2)32(30-19)21-8-7-9-22(17-21)33-23-13-14-27-25(18-23)31(28-12-5-6-15-29-28)24-10-3-4-11-26(24)34-27;1-2-10-24-22(9-1)30(26-11-3-4-14-27-26)23-18-21(12-13-25(23)32-24)31-20-8-5-7-19(17-20)29-16-6-15-28-29;;;;/h1-18,21-22H;4-18H,1-3H3;3-16H,1-2H3;1-16H;;;;/q4*-2;4*+2. The number of pyridine rings is 4. The van der Waals surface area contributed by atoms with Crippen molar-refractivity contribution in [3.8, 4) is 79.9 Å². The Bertz CT molecular complexity index is 8040. The Kier molecular flexibility index (Phi) is 31.4. The van der Waals surface area contributed by atoms with Crippen molar-refractivity contribution in [2.45, 2.75) is 79.2 Å². The molecule has 0 radical (unpaired) electrons. The fourth-order valence-electron chi connectivity index (χ4n) is 16.2. The van der Waals surface area contributed by atoms with Crippen LogP contribution in [0, 0.1) is 62.4 Å². The number of nitrogens with zero attached hydrogens (tertiary/aromatic N) is 16. The molecule has 0 fully saturated rings. The SMILES string of the molecule is CC(C)(C)c1cc(Oc2[c-]c3c(cc2)Sc2ccccc2N3c2ccccn2)[c-]c(-n2cccn2)c1.Cc1cc(C)n(-c2[c-]c(Oc3[c-]c4c(cc3)Sc3ccccc3N4c3ccccn3)ccc2)n1.[Pt+2].[Pt+2].[Pt+2].[Pt+2].[c-]1c(Oc2[c-]c3c(cc2)Sc2ccccc2N3c2ccccn2)cccc1-n1cc(-c2ccccc2)cn1.[c-]1c(Oc2[c-]c3c(cc2)Sc2ccccc2N3c2ccccn2)cccc1-n1cccn1. The molecule has 20 nitrogen and oxygen atoms in total. The van der Waals surface area contributed by atoms with E-state index in [-0.39, 0.29) is 89.7 Å². The first-order chi connectivity index (χ1) is 68.8. The molecule has 8 aromatic heterocycles. The number of para-hydroxylation sites is 4. The third kappa shape index (κ3) is 22.1. The average molecular weight is 2670 g/mol. The Balaban J connectivity index is 0.000000125. The summed E-state index contributed by atoms with van der Waals surface area (Å²) in [5, 5.41) is 17.7. The molecule has 4 aliphatic rings. The van der Waals surface area contributed by atoms with Crippen LogP contribution >= 0.6 is 47.0 Å². The van der Waals surface area contributed by atoms with Crippen molar-refractivity contribution in [1.29, 1.82) is 0 Å². The van der Waals surface area contributed by atoms with Gasteiger partial charge in [-0.2, -0.15) is 110 Å². The van der Waals surface area contributed by atoms with E-state index in [1.165, 1.54) is 19.6 Å². The molecule has 144 heavy (non-hydrogen) atoms. The summed E-state index contributed by atoms with van der Waals surface area (Å²) in [6, 6.07) is 138. The zero-order chi connectivity index (χ0) is 94.4. The van der Waals surface area contributed by atoms with Gasteiger partial charge in [0.15, 0.2) is 0 Å². The summed E-state index contributed by atoms with van der Waals surface area (Å²) < 4.78 is 32.2. The molecule has 0 spiro atoms. The fourth-order valence-corrected chi connectivity index (χ4v) is 20.3. The van der Waals surface area contributed by atoms with Crippen molar-refractivity contribution in [2.75, 3.05) is 19.6 Å². The van der Waals surface area contributed by atoms with Crippen LogP contribution in [0.3, 0.4) is 0 Å². The summed E-state index contributed by atoms with van der Waals surface area (Å²) in [5.74, 6) is 8.19. The smallest absolute Gasteiger partial charge is 0.509 e. The minimum atomic E-state index is -0.0647. The van der Waals surface area contributed by atoms with Crippen LogP contribution in [0.15, 0.2) is 435 Å². The number of benzene rings is 13. The van der Waals surface area contributed by atoms with Gasteiger partial charge in [-0.05, 0) is 186 Å². The number of rotatable bonds is 17. The van der Waals surface area contributed by atoms with Gasteiger partial charge < -0.3 is 38.5 Å². The molecule has 0 saturated carbocycles. The van der Waals surface area contributed by atoms with E-state index < -0.39 is 0 Å². The van der Waals surface area contributed by atoms with E-state index in [2.05, 4.69) is 244 Å². The maximum absolute atomic E-state index is 6.38. The number of hydrogen-bond acceptors (Lipinski definition) is 20. The Morgan fingerprint density at radius 2 is 0.611 bits per heavy atom. The van der Waals surface area contributed by atoms with E-state index in [0.717, 1.165) is 139 Å². The van der Waals surface area contributed by atoms with E-state index in [4.69, 9.17) is 18.9 Å². The molecule has 28 heteroatoms. The second-order valence-electron chi connectivity index (χ2n) is 33.3. The van der Waals surface area contributed by atoms with Crippen molar-refractivity contribution in [1.82, 2.24) is 59.1 Å². The van der Waals surface area contributed by atoms with Crippen molar-refractivity contribution in [2.24, 2.45) is 0 Å². The number of fused-ring (bicyclic) bond motifs is 8. The van der Waals surface area contributed by atoms with Gasteiger partial charge in [-0.1, -0.05) is 143 Å². The van der Waals surface area contributed by atoms with Gasteiger partial charge in [-0.3, -0.25) is 18.7 Å². The van der Waals surface area contributed by atoms with E-state index in [1.807, 2.05) is 273 Å². The summed E-state index contributed by atoms with van der Waals surface area (Å²) in [5.41, 5.74) is 16.4.